The summed E-state index contributed by atoms with van der Waals surface area (Å²) in [5.74, 6) is 5.13. The van der Waals surface area contributed by atoms with Gasteiger partial charge in [-0.3, -0.25) is 10.6 Å². The summed E-state index contributed by atoms with van der Waals surface area (Å²) in [4.78, 5) is 11.9. The van der Waals surface area contributed by atoms with Gasteiger partial charge in [0.2, 0.25) is 0 Å². The predicted molar refractivity (Wildman–Crippen MR) is 68.8 cm³/mol. The molecule has 1 aromatic carbocycles. The van der Waals surface area contributed by atoms with Crippen LogP contribution in [0.5, 0.6) is 0 Å². The molecule has 0 spiro atoms. The van der Waals surface area contributed by atoms with Gasteiger partial charge in [0.25, 0.3) is 5.91 Å². The van der Waals surface area contributed by atoms with Crippen molar-refractivity contribution in [2.75, 3.05) is 16.9 Å². The Labute approximate surface area is 105 Å². The molecule has 1 aromatic rings. The van der Waals surface area contributed by atoms with Crippen LogP contribution in [-0.2, 0) is 9.84 Å². The molecule has 0 aromatic heterocycles. The normalized spacial score (nSPS) is 21.5. The Kier molecular flexibility index (Phi) is 3.53. The van der Waals surface area contributed by atoms with Gasteiger partial charge in [-0.15, -0.1) is 0 Å². The Bertz CT molecular complexity index is 539. The van der Waals surface area contributed by atoms with Gasteiger partial charge in [-0.2, -0.15) is 0 Å². The zero-order valence-electron chi connectivity index (χ0n) is 9.72. The van der Waals surface area contributed by atoms with E-state index < -0.39 is 9.84 Å². The van der Waals surface area contributed by atoms with Gasteiger partial charge in [-0.1, -0.05) is 0 Å². The molecule has 1 amide bonds. The number of nitrogens with one attached hydrogen (secondary N) is 2. The lowest BCUT2D eigenvalue weighted by Gasteiger charge is -2.11. The molecule has 1 unspecified atom stereocenters. The summed E-state index contributed by atoms with van der Waals surface area (Å²) in [5.41, 5.74) is 3.65. The van der Waals surface area contributed by atoms with Gasteiger partial charge in [0.15, 0.2) is 9.84 Å². The van der Waals surface area contributed by atoms with Gasteiger partial charge in [0.1, 0.15) is 0 Å². The first-order chi connectivity index (χ1) is 8.50. The van der Waals surface area contributed by atoms with Crippen molar-refractivity contribution in [3.05, 3.63) is 29.8 Å². The summed E-state index contributed by atoms with van der Waals surface area (Å²) in [7, 11) is -2.98. The number of rotatable bonds is 3. The van der Waals surface area contributed by atoms with Gasteiger partial charge in [-0.05, 0) is 30.7 Å². The minimum atomic E-state index is -2.98. The Morgan fingerprint density at radius 1 is 1.28 bits per heavy atom. The molecule has 0 saturated carbocycles. The van der Waals surface area contributed by atoms with Gasteiger partial charge < -0.3 is 10.7 Å². The highest BCUT2D eigenvalue weighted by molar-refractivity contribution is 7.91. The number of anilines is 1. The molecule has 0 radical (unpaired) electrons. The molecule has 6 nitrogen and oxygen atoms in total. The SMILES string of the molecule is NNc1ccc(C(=O)NC2CCS(=O)(=O)C2)cc1. The Balaban J connectivity index is 1.99. The lowest BCUT2D eigenvalue weighted by molar-refractivity contribution is 0.0941. The van der Waals surface area contributed by atoms with Crippen LogP contribution in [0.2, 0.25) is 0 Å². The molecule has 1 fully saturated rings. The highest BCUT2D eigenvalue weighted by Crippen LogP contribution is 2.13. The number of hydrogen-bond acceptors (Lipinski definition) is 5. The third kappa shape index (κ3) is 2.99. The number of benzene rings is 1. The summed E-state index contributed by atoms with van der Waals surface area (Å²) in [6.45, 7) is 0. The van der Waals surface area contributed by atoms with Crippen molar-refractivity contribution >= 4 is 21.4 Å². The topological polar surface area (TPSA) is 101 Å². The fraction of sp³-hybridized carbons (Fsp3) is 0.364. The van der Waals surface area contributed by atoms with Crippen molar-refractivity contribution in [1.82, 2.24) is 5.32 Å². The molecule has 0 bridgehead atoms. The van der Waals surface area contributed by atoms with Crippen molar-refractivity contribution in [3.8, 4) is 0 Å². The number of nitrogens with two attached hydrogens (primary N) is 1. The summed E-state index contributed by atoms with van der Waals surface area (Å²) in [5, 5.41) is 2.72. The number of carbonyl (C=O) groups excluding carboxylic acids is 1. The van der Waals surface area contributed by atoms with Crippen molar-refractivity contribution < 1.29 is 13.2 Å². The average Bonchev–Trinajstić information content (AvgIpc) is 2.68. The zero-order valence-corrected chi connectivity index (χ0v) is 10.5. The fourth-order valence-electron chi connectivity index (χ4n) is 1.90. The molecule has 1 saturated heterocycles. The van der Waals surface area contributed by atoms with Crippen LogP contribution in [-0.4, -0.2) is 31.9 Å². The quantitative estimate of drug-likeness (QED) is 0.525. The van der Waals surface area contributed by atoms with Crippen LogP contribution < -0.4 is 16.6 Å². The van der Waals surface area contributed by atoms with Crippen molar-refractivity contribution in [3.63, 3.8) is 0 Å². The molecule has 1 aliphatic rings. The van der Waals surface area contributed by atoms with E-state index in [2.05, 4.69) is 10.7 Å². The fourth-order valence-corrected chi connectivity index (χ4v) is 3.57. The number of carbonyl (C=O) groups is 1. The van der Waals surface area contributed by atoms with Crippen LogP contribution in [0.1, 0.15) is 16.8 Å². The van der Waals surface area contributed by atoms with Crippen molar-refractivity contribution in [2.24, 2.45) is 5.84 Å². The van der Waals surface area contributed by atoms with Crippen LogP contribution in [0.25, 0.3) is 0 Å². The van der Waals surface area contributed by atoms with Crippen LogP contribution in [0, 0.1) is 0 Å². The molecular formula is C11H15N3O3S. The summed E-state index contributed by atoms with van der Waals surface area (Å²) < 4.78 is 22.5. The van der Waals surface area contributed by atoms with Crippen molar-refractivity contribution in [2.45, 2.75) is 12.5 Å². The smallest absolute Gasteiger partial charge is 0.251 e. The second-order valence-corrected chi connectivity index (χ2v) is 6.52. The molecule has 1 aliphatic heterocycles. The molecular weight excluding hydrogens is 254 g/mol. The zero-order chi connectivity index (χ0) is 13.2. The Morgan fingerprint density at radius 3 is 2.44 bits per heavy atom. The standard InChI is InChI=1S/C11H15N3O3S/c12-14-9-3-1-8(2-4-9)11(15)13-10-5-6-18(16,17)7-10/h1-4,10,14H,5-7,12H2,(H,13,15). The largest absolute Gasteiger partial charge is 0.348 e. The summed E-state index contributed by atoms with van der Waals surface area (Å²) >= 11 is 0. The van der Waals surface area contributed by atoms with Crippen LogP contribution in [0.15, 0.2) is 24.3 Å². The summed E-state index contributed by atoms with van der Waals surface area (Å²) in [6, 6.07) is 6.34. The molecule has 4 N–H and O–H groups in total. The number of sulfone groups is 1. The first kappa shape index (κ1) is 12.8. The average molecular weight is 269 g/mol. The molecule has 7 heteroatoms. The van der Waals surface area contributed by atoms with Gasteiger partial charge in [0, 0.05) is 17.3 Å². The maximum atomic E-state index is 11.9. The van der Waals surface area contributed by atoms with Gasteiger partial charge >= 0.3 is 0 Å². The lowest BCUT2D eigenvalue weighted by atomic mass is 10.1. The highest BCUT2D eigenvalue weighted by Gasteiger charge is 2.28. The number of nitrogen functional groups attached to an aromatic ring is 1. The maximum absolute atomic E-state index is 11.9. The van der Waals surface area contributed by atoms with E-state index >= 15 is 0 Å². The summed E-state index contributed by atoms with van der Waals surface area (Å²) in [6.07, 6.45) is 0.483. The van der Waals surface area contributed by atoms with E-state index in [4.69, 9.17) is 5.84 Å². The third-order valence-corrected chi connectivity index (χ3v) is 4.65. The maximum Gasteiger partial charge on any atom is 0.251 e. The van der Waals surface area contributed by atoms with E-state index in [0.29, 0.717) is 17.7 Å². The number of hydrazine groups is 1. The number of hydrogen-bond donors (Lipinski definition) is 3. The second kappa shape index (κ2) is 4.95. The third-order valence-electron chi connectivity index (χ3n) is 2.88. The highest BCUT2D eigenvalue weighted by atomic mass is 32.2. The first-order valence-corrected chi connectivity index (χ1v) is 7.40. The van der Waals surface area contributed by atoms with Gasteiger partial charge in [-0.25, -0.2) is 8.42 Å². The molecule has 2 rings (SSSR count). The second-order valence-electron chi connectivity index (χ2n) is 4.30. The van der Waals surface area contributed by atoms with Crippen LogP contribution in [0.3, 0.4) is 0 Å². The van der Waals surface area contributed by atoms with Gasteiger partial charge in [0.05, 0.1) is 11.5 Å². The molecule has 1 heterocycles. The number of amides is 1. The monoisotopic (exact) mass is 269 g/mol. The molecule has 18 heavy (non-hydrogen) atoms. The Hall–Kier alpha value is -1.60. The first-order valence-electron chi connectivity index (χ1n) is 5.58. The predicted octanol–water partition coefficient (Wildman–Crippen LogP) is -0.111. The lowest BCUT2D eigenvalue weighted by Crippen LogP contribution is -2.35. The molecule has 1 atom stereocenters. The van der Waals surface area contributed by atoms with E-state index in [1.54, 1.807) is 24.3 Å². The molecule has 98 valence electrons. The van der Waals surface area contributed by atoms with E-state index in [-0.39, 0.29) is 23.5 Å². The molecule has 0 aliphatic carbocycles. The van der Waals surface area contributed by atoms with Crippen molar-refractivity contribution in [1.29, 1.82) is 0 Å². The van der Waals surface area contributed by atoms with Crippen LogP contribution in [0.4, 0.5) is 5.69 Å². The van der Waals surface area contributed by atoms with Crippen LogP contribution >= 0.6 is 0 Å². The van der Waals surface area contributed by atoms with E-state index in [0.717, 1.165) is 0 Å². The minimum absolute atomic E-state index is 0.0289. The Morgan fingerprint density at radius 2 is 1.94 bits per heavy atom. The van der Waals surface area contributed by atoms with E-state index in [1.165, 1.54) is 0 Å². The van der Waals surface area contributed by atoms with E-state index in [9.17, 15) is 13.2 Å². The minimum Gasteiger partial charge on any atom is -0.348 e. The van der Waals surface area contributed by atoms with E-state index in [1.807, 2.05) is 0 Å².